The molecule has 6 nitrogen and oxygen atoms in total. The summed E-state index contributed by atoms with van der Waals surface area (Å²) in [5.74, 6) is -2.57. The van der Waals surface area contributed by atoms with Crippen molar-refractivity contribution in [2.24, 2.45) is 11.8 Å². The molecule has 43 heavy (non-hydrogen) atoms. The number of halogens is 7. The van der Waals surface area contributed by atoms with E-state index < -0.39 is 68.4 Å². The fourth-order valence-electron chi connectivity index (χ4n) is 5.93. The van der Waals surface area contributed by atoms with Gasteiger partial charge in [0.05, 0.1) is 10.8 Å². The maximum absolute atomic E-state index is 14.7. The summed E-state index contributed by atoms with van der Waals surface area (Å²) in [6, 6.07) is 7.46. The summed E-state index contributed by atoms with van der Waals surface area (Å²) in [7, 11) is -4.44. The monoisotopic (exact) mass is 635 g/mol. The molecule has 4 rings (SSSR count). The van der Waals surface area contributed by atoms with Gasteiger partial charge in [-0.25, -0.2) is 12.8 Å². The number of rotatable bonds is 7. The van der Waals surface area contributed by atoms with Crippen LogP contribution >= 0.6 is 0 Å². The summed E-state index contributed by atoms with van der Waals surface area (Å²) in [6.45, 7) is 3.04. The molecule has 1 atom stereocenters. The second-order valence-corrected chi connectivity index (χ2v) is 13.2. The van der Waals surface area contributed by atoms with Gasteiger partial charge in [-0.2, -0.15) is 26.3 Å². The quantitative estimate of drug-likeness (QED) is 0.355. The molecular weight excluding hydrogens is 607 g/mol. The highest BCUT2D eigenvalue weighted by molar-refractivity contribution is 7.92. The molecular formula is C29H28F7NO5S. The first-order valence-corrected chi connectivity index (χ1v) is 14.8. The summed E-state index contributed by atoms with van der Waals surface area (Å²) in [6.07, 6.45) is -10.4. The molecule has 2 aromatic carbocycles. The number of carbonyl (C=O) groups excluding carboxylic acids is 1. The lowest BCUT2D eigenvalue weighted by Crippen LogP contribution is -2.50. The molecule has 1 saturated heterocycles. The zero-order valence-electron chi connectivity index (χ0n) is 22.6. The average molecular weight is 636 g/mol. The first kappa shape index (κ1) is 32.5. The van der Waals surface area contributed by atoms with Crippen LogP contribution in [0.5, 0.6) is 0 Å². The van der Waals surface area contributed by atoms with Gasteiger partial charge >= 0.3 is 24.0 Å². The van der Waals surface area contributed by atoms with Gasteiger partial charge in [0.15, 0.2) is 9.84 Å². The van der Waals surface area contributed by atoms with E-state index in [1.807, 2.05) is 0 Å². The van der Waals surface area contributed by atoms with Crippen LogP contribution in [0, 0.1) is 11.8 Å². The standard InChI is InChI=1S/C29H28F7NO5S/c1-2-18-3-13-23(14-4-18)43(41,42)26(15-16-37(17-26)24(38)19-5-7-20(8-6-19)25(39)40)21-9-11-22(12-10-21)27(30,28(31,32)33)29(34,35)36/h2-4,9-14,19-20H,1,5-8,15-17H2,(H,39,40). The maximum Gasteiger partial charge on any atom is 0.435 e. The Labute approximate surface area is 243 Å². The summed E-state index contributed by atoms with van der Waals surface area (Å²) in [5.41, 5.74) is -7.09. The molecule has 1 saturated carbocycles. The predicted molar refractivity (Wildman–Crippen MR) is 141 cm³/mol. The van der Waals surface area contributed by atoms with Crippen molar-refractivity contribution < 1.29 is 53.8 Å². The lowest BCUT2D eigenvalue weighted by Gasteiger charge is -2.33. The van der Waals surface area contributed by atoms with Crippen LogP contribution in [0.1, 0.15) is 48.8 Å². The van der Waals surface area contributed by atoms with E-state index in [1.54, 1.807) is 0 Å². The van der Waals surface area contributed by atoms with E-state index in [0.29, 0.717) is 5.56 Å². The number of carbonyl (C=O) groups is 2. The van der Waals surface area contributed by atoms with E-state index in [1.165, 1.54) is 35.2 Å². The molecule has 0 bridgehead atoms. The summed E-state index contributed by atoms with van der Waals surface area (Å²) >= 11 is 0. The first-order chi connectivity index (χ1) is 19.9. The largest absolute Gasteiger partial charge is 0.481 e. The second kappa shape index (κ2) is 11.3. The lowest BCUT2D eigenvalue weighted by molar-refractivity contribution is -0.348. The van der Waals surface area contributed by atoms with Crippen LogP contribution < -0.4 is 0 Å². The van der Waals surface area contributed by atoms with Crippen molar-refractivity contribution >= 4 is 27.8 Å². The smallest absolute Gasteiger partial charge is 0.435 e. The van der Waals surface area contributed by atoms with E-state index in [4.69, 9.17) is 0 Å². The fourth-order valence-corrected chi connectivity index (χ4v) is 8.00. The van der Waals surface area contributed by atoms with Crippen LogP contribution in [0.2, 0.25) is 0 Å². The van der Waals surface area contributed by atoms with Crippen molar-refractivity contribution in [2.75, 3.05) is 13.1 Å². The van der Waals surface area contributed by atoms with Crippen molar-refractivity contribution in [1.29, 1.82) is 0 Å². The number of aliphatic carboxylic acids is 1. The highest BCUT2D eigenvalue weighted by atomic mass is 32.2. The van der Waals surface area contributed by atoms with Crippen molar-refractivity contribution in [2.45, 2.75) is 59.8 Å². The van der Waals surface area contributed by atoms with Gasteiger partial charge in [0.25, 0.3) is 0 Å². The molecule has 2 aromatic rings. The second-order valence-electron chi connectivity index (χ2n) is 10.9. The van der Waals surface area contributed by atoms with Gasteiger partial charge in [0.1, 0.15) is 4.75 Å². The molecule has 1 amide bonds. The lowest BCUT2D eigenvalue weighted by atomic mass is 9.81. The van der Waals surface area contributed by atoms with Gasteiger partial charge in [-0.15, -0.1) is 0 Å². The SMILES string of the molecule is C=Cc1ccc(S(=O)(=O)C2(c3ccc(C(F)(C(F)(F)F)C(F)(F)F)cc3)CCN(C(=O)C3CCC(C(=O)O)CC3)C2)cc1. The molecule has 0 spiro atoms. The summed E-state index contributed by atoms with van der Waals surface area (Å²) in [4.78, 5) is 25.8. The first-order valence-electron chi connectivity index (χ1n) is 13.3. The van der Waals surface area contributed by atoms with Crippen molar-refractivity contribution in [3.8, 4) is 0 Å². The van der Waals surface area contributed by atoms with Gasteiger partial charge in [0, 0.05) is 24.6 Å². The van der Waals surface area contributed by atoms with E-state index in [9.17, 15) is 53.8 Å². The number of likely N-dealkylation sites (tertiary alicyclic amines) is 1. The van der Waals surface area contributed by atoms with Crippen LogP contribution in [0.3, 0.4) is 0 Å². The predicted octanol–water partition coefficient (Wildman–Crippen LogP) is 6.41. The molecule has 1 unspecified atom stereocenters. The molecule has 2 fully saturated rings. The minimum absolute atomic E-state index is 0.0957. The Morgan fingerprint density at radius 1 is 0.860 bits per heavy atom. The Bertz CT molecular complexity index is 1470. The van der Waals surface area contributed by atoms with Crippen molar-refractivity contribution in [1.82, 2.24) is 4.90 Å². The molecule has 1 aliphatic carbocycles. The third-order valence-electron chi connectivity index (χ3n) is 8.50. The van der Waals surface area contributed by atoms with Gasteiger partial charge < -0.3 is 10.0 Å². The molecule has 1 aliphatic heterocycles. The highest BCUT2D eigenvalue weighted by Gasteiger charge is 2.73. The van der Waals surface area contributed by atoms with E-state index in [2.05, 4.69) is 6.58 Å². The van der Waals surface area contributed by atoms with Crippen LogP contribution in [-0.2, 0) is 29.8 Å². The normalized spacial score (nSPS) is 23.7. The number of hydrogen-bond donors (Lipinski definition) is 1. The van der Waals surface area contributed by atoms with Crippen molar-refractivity contribution in [3.63, 3.8) is 0 Å². The fraction of sp³-hybridized carbons (Fsp3) is 0.448. The van der Waals surface area contributed by atoms with Crippen LogP contribution in [-0.4, -0.2) is 55.7 Å². The number of sulfone groups is 1. The number of hydrogen-bond acceptors (Lipinski definition) is 4. The average Bonchev–Trinajstić information content (AvgIpc) is 3.43. The van der Waals surface area contributed by atoms with Crippen LogP contribution in [0.4, 0.5) is 30.7 Å². The topological polar surface area (TPSA) is 91.8 Å². The zero-order valence-corrected chi connectivity index (χ0v) is 23.4. The summed E-state index contributed by atoms with van der Waals surface area (Å²) < 4.78 is 121. The molecule has 14 heteroatoms. The van der Waals surface area contributed by atoms with Crippen LogP contribution in [0.25, 0.3) is 6.08 Å². The summed E-state index contributed by atoms with van der Waals surface area (Å²) in [5, 5.41) is 9.24. The number of alkyl halides is 7. The number of nitrogens with zero attached hydrogens (tertiary/aromatic N) is 1. The van der Waals surface area contributed by atoms with Crippen LogP contribution in [0.15, 0.2) is 60.0 Å². The number of carboxylic acids is 1. The molecule has 1 N–H and O–H groups in total. The van der Waals surface area contributed by atoms with Gasteiger partial charge in [0.2, 0.25) is 5.91 Å². The minimum atomic E-state index is -6.35. The number of carboxylic acid groups (broad SMARTS) is 1. The Morgan fingerprint density at radius 3 is 1.84 bits per heavy atom. The van der Waals surface area contributed by atoms with Crippen molar-refractivity contribution in [3.05, 3.63) is 71.8 Å². The highest BCUT2D eigenvalue weighted by Crippen LogP contribution is 2.54. The molecule has 1 heterocycles. The van der Waals surface area contributed by atoms with E-state index in [-0.39, 0.29) is 61.2 Å². The third-order valence-corrected chi connectivity index (χ3v) is 11.0. The zero-order chi connectivity index (χ0) is 32.0. The molecule has 0 aromatic heterocycles. The third kappa shape index (κ3) is 5.53. The Kier molecular flexibility index (Phi) is 8.50. The Hall–Kier alpha value is -3.42. The molecule has 0 radical (unpaired) electrons. The maximum atomic E-state index is 14.7. The minimum Gasteiger partial charge on any atom is -0.481 e. The number of amides is 1. The van der Waals surface area contributed by atoms with E-state index >= 15 is 0 Å². The molecule has 2 aliphatic rings. The van der Waals surface area contributed by atoms with Gasteiger partial charge in [-0.3, -0.25) is 9.59 Å². The Morgan fingerprint density at radius 2 is 1.37 bits per heavy atom. The molecule has 234 valence electrons. The van der Waals surface area contributed by atoms with Gasteiger partial charge in [-0.05, 0) is 55.4 Å². The number of benzene rings is 2. The Balaban J connectivity index is 1.75. The van der Waals surface area contributed by atoms with E-state index in [0.717, 1.165) is 12.1 Å². The van der Waals surface area contributed by atoms with Gasteiger partial charge in [-0.1, -0.05) is 49.1 Å².